The average Bonchev–Trinajstić information content (AvgIpc) is 3.17. The minimum absolute atomic E-state index is 0.269. The van der Waals surface area contributed by atoms with E-state index in [-0.39, 0.29) is 5.82 Å². The van der Waals surface area contributed by atoms with Crippen molar-refractivity contribution in [3.05, 3.63) is 100 Å². The van der Waals surface area contributed by atoms with E-state index >= 15 is 0 Å². The first-order valence-corrected chi connectivity index (χ1v) is 9.87. The van der Waals surface area contributed by atoms with Gasteiger partial charge >= 0.3 is 0 Å². The molecule has 0 aliphatic carbocycles. The second-order valence-corrected chi connectivity index (χ2v) is 7.01. The van der Waals surface area contributed by atoms with E-state index in [9.17, 15) is 4.39 Å². The second-order valence-electron chi connectivity index (χ2n) is 6.18. The van der Waals surface area contributed by atoms with Gasteiger partial charge in [-0.3, -0.25) is 4.99 Å². The molecule has 0 amide bonds. The van der Waals surface area contributed by atoms with E-state index in [1.807, 2.05) is 60.0 Å². The van der Waals surface area contributed by atoms with Crippen LogP contribution in [0.3, 0.4) is 0 Å². The fourth-order valence-corrected chi connectivity index (χ4v) is 3.59. The highest BCUT2D eigenvalue weighted by Crippen LogP contribution is 2.22. The van der Waals surface area contributed by atoms with Gasteiger partial charge < -0.3 is 4.74 Å². The number of ether oxygens (including phenoxy) is 1. The molecule has 0 aliphatic heterocycles. The molecule has 3 aromatic carbocycles. The zero-order valence-corrected chi connectivity index (χ0v) is 16.5. The van der Waals surface area contributed by atoms with Crippen LogP contribution in [0.15, 0.2) is 94.3 Å². The summed E-state index contributed by atoms with van der Waals surface area (Å²) in [6, 6.07) is 23.7. The maximum Gasteiger partial charge on any atom is 0.205 e. The third-order valence-electron chi connectivity index (χ3n) is 4.18. The summed E-state index contributed by atoms with van der Waals surface area (Å²) in [4.78, 5) is 5.04. The third-order valence-corrected chi connectivity index (χ3v) is 5.08. The maximum atomic E-state index is 13.3. The number of halogens is 1. The fraction of sp³-hybridized carbons (Fsp3) is 0.0435. The largest absolute Gasteiger partial charge is 0.457 e. The van der Waals surface area contributed by atoms with Gasteiger partial charge in [-0.1, -0.05) is 30.3 Å². The number of hydrogen-bond donors (Lipinski definition) is 0. The molecule has 1 aromatic heterocycles. The van der Waals surface area contributed by atoms with Gasteiger partial charge in [0, 0.05) is 18.0 Å². The Morgan fingerprint density at radius 1 is 0.931 bits per heavy atom. The van der Waals surface area contributed by atoms with E-state index < -0.39 is 0 Å². The van der Waals surface area contributed by atoms with Gasteiger partial charge in [-0.15, -0.1) is 11.3 Å². The molecule has 4 aromatic rings. The van der Waals surface area contributed by atoms with E-state index in [1.165, 1.54) is 23.5 Å². The molecule has 0 spiro atoms. The molecule has 0 N–H and O–H groups in total. The van der Waals surface area contributed by atoms with E-state index in [2.05, 4.69) is 10.1 Å². The van der Waals surface area contributed by atoms with Gasteiger partial charge in [-0.05, 0) is 54.1 Å². The van der Waals surface area contributed by atoms with Crippen molar-refractivity contribution in [3.63, 3.8) is 0 Å². The highest BCUT2D eigenvalue weighted by molar-refractivity contribution is 7.07. The van der Waals surface area contributed by atoms with Crippen LogP contribution in [0.25, 0.3) is 11.3 Å². The molecule has 0 saturated carbocycles. The molecule has 29 heavy (non-hydrogen) atoms. The highest BCUT2D eigenvalue weighted by atomic mass is 32.1. The number of para-hydroxylation sites is 1. The lowest BCUT2D eigenvalue weighted by Crippen LogP contribution is -2.11. The van der Waals surface area contributed by atoms with Crippen LogP contribution in [0.4, 0.5) is 4.39 Å². The van der Waals surface area contributed by atoms with Crippen LogP contribution in [0.1, 0.15) is 5.56 Å². The number of benzene rings is 3. The molecule has 0 atom stereocenters. The molecular formula is C23H18FN3OS. The smallest absolute Gasteiger partial charge is 0.205 e. The van der Waals surface area contributed by atoms with E-state index in [1.54, 1.807) is 30.1 Å². The Kier molecular flexibility index (Phi) is 5.63. The molecule has 0 saturated heterocycles. The minimum Gasteiger partial charge on any atom is -0.457 e. The Balaban J connectivity index is 1.63. The lowest BCUT2D eigenvalue weighted by molar-refractivity contribution is 0.482. The van der Waals surface area contributed by atoms with Gasteiger partial charge in [0.05, 0.1) is 11.9 Å². The van der Waals surface area contributed by atoms with Gasteiger partial charge in [0.25, 0.3) is 0 Å². The van der Waals surface area contributed by atoms with Crippen LogP contribution < -0.4 is 9.54 Å². The highest BCUT2D eigenvalue weighted by Gasteiger charge is 2.07. The number of rotatable bonds is 5. The van der Waals surface area contributed by atoms with Gasteiger partial charge in [0.2, 0.25) is 4.80 Å². The molecule has 0 bridgehead atoms. The molecule has 1 heterocycles. The Bertz CT molecular complexity index is 1190. The lowest BCUT2D eigenvalue weighted by Gasteiger charge is -2.06. The van der Waals surface area contributed by atoms with Crippen molar-refractivity contribution in [2.75, 3.05) is 7.05 Å². The van der Waals surface area contributed by atoms with Crippen molar-refractivity contribution >= 4 is 17.6 Å². The van der Waals surface area contributed by atoms with Crippen molar-refractivity contribution in [1.82, 2.24) is 4.68 Å². The molecule has 144 valence electrons. The summed E-state index contributed by atoms with van der Waals surface area (Å²) in [5.41, 5.74) is 2.61. The zero-order chi connectivity index (χ0) is 20.1. The number of nitrogens with zero attached hydrogens (tertiary/aromatic N) is 3. The molecule has 0 unspecified atom stereocenters. The van der Waals surface area contributed by atoms with Crippen LogP contribution in [-0.4, -0.2) is 17.9 Å². The monoisotopic (exact) mass is 403 g/mol. The first-order chi connectivity index (χ1) is 14.2. The number of hydrogen-bond acceptors (Lipinski definition) is 4. The normalized spacial score (nSPS) is 11.9. The van der Waals surface area contributed by atoms with Crippen molar-refractivity contribution in [2.24, 2.45) is 10.1 Å². The van der Waals surface area contributed by atoms with Crippen molar-refractivity contribution < 1.29 is 9.13 Å². The van der Waals surface area contributed by atoms with Gasteiger partial charge in [0.1, 0.15) is 17.3 Å². The summed E-state index contributed by atoms with van der Waals surface area (Å²) in [5, 5.41) is 6.57. The predicted octanol–water partition coefficient (Wildman–Crippen LogP) is 5.56. The summed E-state index contributed by atoms with van der Waals surface area (Å²) in [6.07, 6.45) is 1.76. The van der Waals surface area contributed by atoms with Gasteiger partial charge in [-0.25, -0.2) is 9.07 Å². The first-order valence-electron chi connectivity index (χ1n) is 8.99. The van der Waals surface area contributed by atoms with Crippen LogP contribution in [0.2, 0.25) is 0 Å². The maximum absolute atomic E-state index is 13.3. The Morgan fingerprint density at radius 2 is 1.69 bits per heavy atom. The van der Waals surface area contributed by atoms with E-state index in [4.69, 9.17) is 4.74 Å². The summed E-state index contributed by atoms with van der Waals surface area (Å²) >= 11 is 1.48. The van der Waals surface area contributed by atoms with Crippen LogP contribution in [0.5, 0.6) is 11.5 Å². The first kappa shape index (κ1) is 18.8. The van der Waals surface area contributed by atoms with E-state index in [0.29, 0.717) is 0 Å². The fourth-order valence-electron chi connectivity index (χ4n) is 2.79. The van der Waals surface area contributed by atoms with E-state index in [0.717, 1.165) is 33.1 Å². The van der Waals surface area contributed by atoms with Crippen molar-refractivity contribution in [1.29, 1.82) is 0 Å². The zero-order valence-electron chi connectivity index (χ0n) is 15.7. The van der Waals surface area contributed by atoms with Gasteiger partial charge in [-0.2, -0.15) is 5.10 Å². The molecular weight excluding hydrogens is 385 g/mol. The topological polar surface area (TPSA) is 38.9 Å². The predicted molar refractivity (Wildman–Crippen MR) is 115 cm³/mol. The molecule has 0 radical (unpaired) electrons. The summed E-state index contributed by atoms with van der Waals surface area (Å²) < 4.78 is 20.9. The van der Waals surface area contributed by atoms with Crippen molar-refractivity contribution in [2.45, 2.75) is 0 Å². The molecule has 0 fully saturated rings. The quantitative estimate of drug-likeness (QED) is 0.402. The van der Waals surface area contributed by atoms with Crippen LogP contribution in [0, 0.1) is 5.82 Å². The third kappa shape index (κ3) is 4.50. The molecule has 6 heteroatoms. The minimum atomic E-state index is -0.269. The van der Waals surface area contributed by atoms with Crippen LogP contribution in [-0.2, 0) is 0 Å². The Morgan fingerprint density at radius 3 is 2.45 bits per heavy atom. The summed E-state index contributed by atoms with van der Waals surface area (Å²) in [6.45, 7) is 0. The standard InChI is InChI=1S/C23H18FN3OS/c1-25-23-27(22(16-29-23)18-10-12-19(24)13-11-18)26-15-17-6-5-9-21(14-17)28-20-7-3-2-4-8-20/h2-16H,1H3. The summed E-state index contributed by atoms with van der Waals surface area (Å²) in [7, 11) is 1.72. The number of aromatic nitrogens is 1. The molecule has 0 aliphatic rings. The SMILES string of the molecule is CN=c1scc(-c2ccc(F)cc2)n1N=Cc1cccc(Oc2ccccc2)c1. The Labute approximate surface area is 171 Å². The Hall–Kier alpha value is -3.51. The second kappa shape index (κ2) is 8.67. The summed E-state index contributed by atoms with van der Waals surface area (Å²) in [5.74, 6) is 1.24. The van der Waals surface area contributed by atoms with Gasteiger partial charge in [0.15, 0.2) is 0 Å². The van der Waals surface area contributed by atoms with Crippen molar-refractivity contribution in [3.8, 4) is 22.8 Å². The molecule has 4 rings (SSSR count). The lowest BCUT2D eigenvalue weighted by atomic mass is 10.2. The van der Waals surface area contributed by atoms with Crippen LogP contribution >= 0.6 is 11.3 Å². The average molecular weight is 403 g/mol. The molecule has 4 nitrogen and oxygen atoms in total. The number of thiazole rings is 1.